The molecule has 1 aromatic carbocycles. The second-order valence-corrected chi connectivity index (χ2v) is 4.24. The Labute approximate surface area is 109 Å². The first-order valence-corrected chi connectivity index (χ1v) is 6.07. The molecule has 0 spiro atoms. The molecule has 0 aliphatic rings. The van der Waals surface area contributed by atoms with E-state index in [-0.39, 0.29) is 11.3 Å². The van der Waals surface area contributed by atoms with Crippen LogP contribution in [0.15, 0.2) is 28.8 Å². The Balaban J connectivity index is 2.21. The maximum atomic E-state index is 13.5. The molecule has 0 aliphatic carbocycles. The summed E-state index contributed by atoms with van der Waals surface area (Å²) in [6, 6.07) is 4.31. The molecule has 0 saturated carbocycles. The van der Waals surface area contributed by atoms with Gasteiger partial charge in [0.1, 0.15) is 17.4 Å². The molecule has 0 bridgehead atoms. The molecule has 0 N–H and O–H groups in total. The maximum absolute atomic E-state index is 13.5. The van der Waals surface area contributed by atoms with Crippen molar-refractivity contribution < 1.29 is 18.1 Å². The summed E-state index contributed by atoms with van der Waals surface area (Å²) < 4.78 is 31.3. The first kappa shape index (κ1) is 13.4. The number of nitrogens with zero attached hydrogens (tertiary/aromatic N) is 1. The summed E-state index contributed by atoms with van der Waals surface area (Å²) >= 11 is 0. The summed E-state index contributed by atoms with van der Waals surface area (Å²) in [5.41, 5.74) is -0.173. The second-order valence-electron chi connectivity index (χ2n) is 4.24. The topological polar surface area (TPSA) is 43.1 Å². The zero-order chi connectivity index (χ0) is 13.8. The summed E-state index contributed by atoms with van der Waals surface area (Å²) in [4.78, 5) is 12.0. The van der Waals surface area contributed by atoms with Gasteiger partial charge in [-0.3, -0.25) is 4.79 Å². The number of carbonyl (C=O) groups is 1. The largest absolute Gasteiger partial charge is 0.361 e. The predicted molar refractivity (Wildman–Crippen MR) is 64.9 cm³/mol. The molecule has 0 radical (unpaired) electrons. The number of hydrogen-bond acceptors (Lipinski definition) is 3. The SMILES string of the molecule is CCCCc1cc(C(=O)c2ccc(F)cc2F)no1. The third-order valence-corrected chi connectivity index (χ3v) is 2.74. The van der Waals surface area contributed by atoms with Gasteiger partial charge in [-0.15, -0.1) is 0 Å². The number of ketones is 1. The van der Waals surface area contributed by atoms with E-state index in [1.807, 2.05) is 6.92 Å². The van der Waals surface area contributed by atoms with Crippen molar-refractivity contribution in [2.75, 3.05) is 0 Å². The Morgan fingerprint density at radius 1 is 1.32 bits per heavy atom. The van der Waals surface area contributed by atoms with Gasteiger partial charge >= 0.3 is 0 Å². The van der Waals surface area contributed by atoms with Gasteiger partial charge in [0.2, 0.25) is 5.78 Å². The zero-order valence-corrected chi connectivity index (χ0v) is 10.5. The van der Waals surface area contributed by atoms with Crippen LogP contribution >= 0.6 is 0 Å². The van der Waals surface area contributed by atoms with Gasteiger partial charge in [-0.1, -0.05) is 18.5 Å². The van der Waals surface area contributed by atoms with Crippen molar-refractivity contribution in [3.8, 4) is 0 Å². The number of carbonyl (C=O) groups excluding carboxylic acids is 1. The molecule has 19 heavy (non-hydrogen) atoms. The molecule has 0 fully saturated rings. The molecule has 5 heteroatoms. The highest BCUT2D eigenvalue weighted by Gasteiger charge is 2.18. The van der Waals surface area contributed by atoms with Crippen LogP contribution in [0.4, 0.5) is 8.78 Å². The molecule has 3 nitrogen and oxygen atoms in total. The van der Waals surface area contributed by atoms with E-state index in [4.69, 9.17) is 4.52 Å². The highest BCUT2D eigenvalue weighted by atomic mass is 19.1. The Kier molecular flexibility index (Phi) is 4.04. The van der Waals surface area contributed by atoms with Crippen LogP contribution in [0.2, 0.25) is 0 Å². The second kappa shape index (κ2) is 5.73. The third-order valence-electron chi connectivity index (χ3n) is 2.74. The molecule has 2 rings (SSSR count). The monoisotopic (exact) mass is 265 g/mol. The van der Waals surface area contributed by atoms with E-state index in [9.17, 15) is 13.6 Å². The molecule has 0 aliphatic heterocycles. The maximum Gasteiger partial charge on any atom is 0.217 e. The van der Waals surface area contributed by atoms with Gasteiger partial charge in [-0.2, -0.15) is 0 Å². The number of benzene rings is 1. The lowest BCUT2D eigenvalue weighted by atomic mass is 10.1. The van der Waals surface area contributed by atoms with Gasteiger partial charge in [-0.25, -0.2) is 8.78 Å². The van der Waals surface area contributed by atoms with Gasteiger partial charge in [0, 0.05) is 18.6 Å². The Bertz CT molecular complexity index is 593. The van der Waals surface area contributed by atoms with Crippen LogP contribution in [0.1, 0.15) is 41.6 Å². The molecular weight excluding hydrogens is 252 g/mol. The lowest BCUT2D eigenvalue weighted by Gasteiger charge is -1.98. The molecule has 0 unspecified atom stereocenters. The van der Waals surface area contributed by atoms with Gasteiger partial charge in [0.15, 0.2) is 5.69 Å². The fourth-order valence-electron chi connectivity index (χ4n) is 1.70. The number of unbranched alkanes of at least 4 members (excludes halogenated alkanes) is 1. The van der Waals surface area contributed by atoms with E-state index in [0.29, 0.717) is 18.2 Å². The van der Waals surface area contributed by atoms with Crippen molar-refractivity contribution in [3.63, 3.8) is 0 Å². The summed E-state index contributed by atoms with van der Waals surface area (Å²) in [7, 11) is 0. The van der Waals surface area contributed by atoms with Crippen LogP contribution in [-0.4, -0.2) is 10.9 Å². The minimum atomic E-state index is -0.900. The van der Waals surface area contributed by atoms with E-state index in [1.165, 1.54) is 6.07 Å². The highest BCUT2D eigenvalue weighted by molar-refractivity contribution is 6.07. The molecule has 0 amide bonds. The molecule has 1 heterocycles. The number of aryl methyl sites for hydroxylation is 1. The standard InChI is InChI=1S/C14H13F2NO2/c1-2-3-4-10-8-13(17-19-10)14(18)11-6-5-9(15)7-12(11)16/h5-8H,2-4H2,1H3. The summed E-state index contributed by atoms with van der Waals surface area (Å²) in [5.74, 6) is -1.64. The van der Waals surface area contributed by atoms with Crippen LogP contribution in [0.25, 0.3) is 0 Å². The Morgan fingerprint density at radius 2 is 2.11 bits per heavy atom. The van der Waals surface area contributed by atoms with Gasteiger partial charge in [-0.05, 0) is 18.6 Å². The molecule has 1 aromatic heterocycles. The highest BCUT2D eigenvalue weighted by Crippen LogP contribution is 2.16. The minimum absolute atomic E-state index is 0.0385. The van der Waals surface area contributed by atoms with Gasteiger partial charge < -0.3 is 4.52 Å². The van der Waals surface area contributed by atoms with Crippen molar-refractivity contribution in [3.05, 3.63) is 52.9 Å². The number of hydrogen-bond donors (Lipinski definition) is 0. The van der Waals surface area contributed by atoms with Gasteiger partial charge in [0.25, 0.3) is 0 Å². The van der Waals surface area contributed by atoms with Crippen molar-refractivity contribution >= 4 is 5.78 Å². The van der Waals surface area contributed by atoms with Gasteiger partial charge in [0.05, 0.1) is 5.56 Å². The Hall–Kier alpha value is -2.04. The summed E-state index contributed by atoms with van der Waals surface area (Å²) in [6.45, 7) is 2.04. The predicted octanol–water partition coefficient (Wildman–Crippen LogP) is 3.53. The average Bonchev–Trinajstić information content (AvgIpc) is 2.84. The Morgan fingerprint density at radius 3 is 2.79 bits per heavy atom. The zero-order valence-electron chi connectivity index (χ0n) is 10.5. The van der Waals surface area contributed by atoms with E-state index >= 15 is 0 Å². The average molecular weight is 265 g/mol. The first-order chi connectivity index (χ1) is 9.11. The normalized spacial score (nSPS) is 10.7. The fraction of sp³-hybridized carbons (Fsp3) is 0.286. The molecule has 100 valence electrons. The number of rotatable bonds is 5. The third kappa shape index (κ3) is 3.05. The molecule has 2 aromatic rings. The van der Waals surface area contributed by atoms with Crippen molar-refractivity contribution in [2.45, 2.75) is 26.2 Å². The lowest BCUT2D eigenvalue weighted by Crippen LogP contribution is -2.04. The first-order valence-electron chi connectivity index (χ1n) is 6.07. The van der Waals surface area contributed by atoms with Crippen molar-refractivity contribution in [2.24, 2.45) is 0 Å². The van der Waals surface area contributed by atoms with Crippen molar-refractivity contribution in [1.82, 2.24) is 5.16 Å². The summed E-state index contributed by atoms with van der Waals surface area (Å²) in [5, 5.41) is 3.62. The molecule has 0 atom stereocenters. The quantitative estimate of drug-likeness (QED) is 0.777. The lowest BCUT2D eigenvalue weighted by molar-refractivity contribution is 0.102. The number of halogens is 2. The van der Waals surface area contributed by atoms with Crippen LogP contribution in [0.3, 0.4) is 0 Å². The number of aromatic nitrogens is 1. The van der Waals surface area contributed by atoms with E-state index in [0.717, 1.165) is 25.0 Å². The minimum Gasteiger partial charge on any atom is -0.361 e. The van der Waals surface area contributed by atoms with Crippen LogP contribution in [0, 0.1) is 11.6 Å². The van der Waals surface area contributed by atoms with E-state index in [2.05, 4.69) is 5.16 Å². The van der Waals surface area contributed by atoms with E-state index in [1.54, 1.807) is 0 Å². The summed E-state index contributed by atoms with van der Waals surface area (Å²) in [6.07, 6.45) is 2.60. The van der Waals surface area contributed by atoms with Crippen LogP contribution in [0.5, 0.6) is 0 Å². The molecule has 0 saturated heterocycles. The van der Waals surface area contributed by atoms with Crippen LogP contribution < -0.4 is 0 Å². The molecular formula is C14H13F2NO2. The van der Waals surface area contributed by atoms with Crippen molar-refractivity contribution in [1.29, 1.82) is 0 Å². The van der Waals surface area contributed by atoms with E-state index < -0.39 is 17.4 Å². The smallest absolute Gasteiger partial charge is 0.217 e. The fourth-order valence-corrected chi connectivity index (χ4v) is 1.70. The van der Waals surface area contributed by atoms with Crippen LogP contribution in [-0.2, 0) is 6.42 Å².